The first kappa shape index (κ1) is 13.8. The summed E-state index contributed by atoms with van der Waals surface area (Å²) in [6.07, 6.45) is 6.79. The molecule has 1 saturated heterocycles. The number of nitro benzene ring substituents is 1. The van der Waals surface area contributed by atoms with E-state index in [0.717, 1.165) is 30.6 Å². The zero-order valence-electron chi connectivity index (χ0n) is 11.7. The van der Waals surface area contributed by atoms with Crippen molar-refractivity contribution in [3.8, 4) is 0 Å². The topological polar surface area (TPSA) is 80.1 Å². The van der Waals surface area contributed by atoms with Crippen LogP contribution in [-0.2, 0) is 0 Å². The molecule has 2 heterocycles. The van der Waals surface area contributed by atoms with E-state index in [-0.39, 0.29) is 10.6 Å². The molecule has 0 aliphatic carbocycles. The van der Waals surface area contributed by atoms with E-state index in [2.05, 4.69) is 15.6 Å². The van der Waals surface area contributed by atoms with Crippen LogP contribution in [0.2, 0.25) is 0 Å². The molecule has 0 bridgehead atoms. The average molecular weight is 286 g/mol. The lowest BCUT2D eigenvalue weighted by atomic mass is 10.1. The molecule has 0 saturated carbocycles. The third-order valence-electron chi connectivity index (χ3n) is 3.96. The minimum atomic E-state index is -0.353. The fraction of sp³-hybridized carbons (Fsp3) is 0.400. The molecule has 1 fully saturated rings. The largest absolute Gasteiger partial charge is 0.384 e. The van der Waals surface area contributed by atoms with E-state index < -0.39 is 0 Å². The van der Waals surface area contributed by atoms with Crippen LogP contribution in [0, 0.1) is 10.1 Å². The second-order valence-corrected chi connectivity index (χ2v) is 5.32. The van der Waals surface area contributed by atoms with Gasteiger partial charge >= 0.3 is 0 Å². The van der Waals surface area contributed by atoms with Crippen LogP contribution in [0.1, 0.15) is 19.3 Å². The van der Waals surface area contributed by atoms with Gasteiger partial charge in [-0.2, -0.15) is 0 Å². The standard InChI is InChI=1S/C15H18N4O2/c20-19(21)15-4-3-14(13-10-16-8-6-12(13)15)18-9-5-11-2-1-7-17-11/h3-4,6,8,10-11,17-18H,1-2,5,7,9H2/t11-/m1/s1. The Balaban J connectivity index is 1.79. The molecule has 21 heavy (non-hydrogen) atoms. The minimum Gasteiger partial charge on any atom is -0.384 e. The van der Waals surface area contributed by atoms with Crippen molar-refractivity contribution in [1.82, 2.24) is 10.3 Å². The number of rotatable bonds is 5. The van der Waals surface area contributed by atoms with Crippen molar-refractivity contribution in [1.29, 1.82) is 0 Å². The van der Waals surface area contributed by atoms with Crippen LogP contribution in [0.4, 0.5) is 11.4 Å². The van der Waals surface area contributed by atoms with Gasteiger partial charge in [0.15, 0.2) is 0 Å². The van der Waals surface area contributed by atoms with Gasteiger partial charge in [0.2, 0.25) is 0 Å². The highest BCUT2D eigenvalue weighted by atomic mass is 16.6. The lowest BCUT2D eigenvalue weighted by molar-refractivity contribution is -0.383. The smallest absolute Gasteiger partial charge is 0.277 e. The molecule has 1 atom stereocenters. The number of nitrogens with one attached hydrogen (secondary N) is 2. The van der Waals surface area contributed by atoms with Gasteiger partial charge in [-0.25, -0.2) is 0 Å². The van der Waals surface area contributed by atoms with Gasteiger partial charge in [-0.3, -0.25) is 15.1 Å². The summed E-state index contributed by atoms with van der Waals surface area (Å²) >= 11 is 0. The predicted octanol–water partition coefficient (Wildman–Crippen LogP) is 2.70. The van der Waals surface area contributed by atoms with E-state index in [1.165, 1.54) is 12.8 Å². The van der Waals surface area contributed by atoms with Gasteiger partial charge in [-0.05, 0) is 37.9 Å². The Hall–Kier alpha value is -2.21. The lowest BCUT2D eigenvalue weighted by Crippen LogP contribution is -2.24. The van der Waals surface area contributed by atoms with Gasteiger partial charge in [0.25, 0.3) is 5.69 Å². The third kappa shape index (κ3) is 2.95. The van der Waals surface area contributed by atoms with Crippen molar-refractivity contribution in [2.45, 2.75) is 25.3 Å². The van der Waals surface area contributed by atoms with Crippen LogP contribution in [0.15, 0.2) is 30.6 Å². The molecule has 6 heteroatoms. The van der Waals surface area contributed by atoms with Gasteiger partial charge in [0.05, 0.1) is 10.3 Å². The zero-order chi connectivity index (χ0) is 14.7. The molecule has 110 valence electrons. The van der Waals surface area contributed by atoms with E-state index in [1.807, 2.05) is 0 Å². The Bertz CT molecular complexity index is 653. The lowest BCUT2D eigenvalue weighted by Gasteiger charge is -2.13. The number of benzene rings is 1. The molecule has 1 aromatic carbocycles. The SMILES string of the molecule is O=[N+]([O-])c1ccc(NCC[C@H]2CCCN2)c2cnccc12. The highest BCUT2D eigenvalue weighted by Crippen LogP contribution is 2.30. The number of hydrogen-bond donors (Lipinski definition) is 2. The maximum absolute atomic E-state index is 11.1. The first-order valence-electron chi connectivity index (χ1n) is 7.24. The molecule has 0 amide bonds. The van der Waals surface area contributed by atoms with Crippen LogP contribution in [0.3, 0.4) is 0 Å². The molecular weight excluding hydrogens is 268 g/mol. The molecule has 1 aliphatic heterocycles. The molecular formula is C15H18N4O2. The van der Waals surface area contributed by atoms with E-state index >= 15 is 0 Å². The molecule has 2 aromatic rings. The van der Waals surface area contributed by atoms with Crippen molar-refractivity contribution in [3.05, 3.63) is 40.7 Å². The van der Waals surface area contributed by atoms with Gasteiger partial charge in [0.1, 0.15) is 0 Å². The Kier molecular flexibility index (Phi) is 3.96. The van der Waals surface area contributed by atoms with Crippen molar-refractivity contribution < 1.29 is 4.92 Å². The average Bonchev–Trinajstić information content (AvgIpc) is 3.00. The highest BCUT2D eigenvalue weighted by molar-refractivity contribution is 5.99. The number of aromatic nitrogens is 1. The number of anilines is 1. The zero-order valence-corrected chi connectivity index (χ0v) is 11.7. The Morgan fingerprint density at radius 1 is 1.38 bits per heavy atom. The monoisotopic (exact) mass is 286 g/mol. The second-order valence-electron chi connectivity index (χ2n) is 5.32. The van der Waals surface area contributed by atoms with Gasteiger partial charge < -0.3 is 10.6 Å². The first-order valence-corrected chi connectivity index (χ1v) is 7.24. The van der Waals surface area contributed by atoms with E-state index in [1.54, 1.807) is 30.6 Å². The molecule has 1 aromatic heterocycles. The van der Waals surface area contributed by atoms with Crippen LogP contribution in [-0.4, -0.2) is 29.0 Å². The fourth-order valence-electron chi connectivity index (χ4n) is 2.87. The van der Waals surface area contributed by atoms with Crippen molar-refractivity contribution in [2.24, 2.45) is 0 Å². The molecule has 2 N–H and O–H groups in total. The summed E-state index contributed by atoms with van der Waals surface area (Å²) in [5.41, 5.74) is 1.03. The summed E-state index contributed by atoms with van der Waals surface area (Å²) in [6.45, 7) is 1.95. The number of pyridine rings is 1. The third-order valence-corrected chi connectivity index (χ3v) is 3.96. The maximum Gasteiger partial charge on any atom is 0.277 e. The quantitative estimate of drug-likeness (QED) is 0.652. The van der Waals surface area contributed by atoms with Gasteiger partial charge in [0, 0.05) is 42.1 Å². The van der Waals surface area contributed by atoms with E-state index in [0.29, 0.717) is 11.4 Å². The summed E-state index contributed by atoms with van der Waals surface area (Å²) in [6, 6.07) is 5.60. The van der Waals surface area contributed by atoms with Crippen molar-refractivity contribution in [2.75, 3.05) is 18.4 Å². The van der Waals surface area contributed by atoms with Crippen LogP contribution >= 0.6 is 0 Å². The molecule has 0 spiro atoms. The predicted molar refractivity (Wildman–Crippen MR) is 82.5 cm³/mol. The summed E-state index contributed by atoms with van der Waals surface area (Å²) in [5.74, 6) is 0. The fourth-order valence-corrected chi connectivity index (χ4v) is 2.87. The first-order chi connectivity index (χ1) is 10.3. The molecule has 3 rings (SSSR count). The van der Waals surface area contributed by atoms with Crippen LogP contribution in [0.25, 0.3) is 10.8 Å². The summed E-state index contributed by atoms with van der Waals surface area (Å²) in [7, 11) is 0. The minimum absolute atomic E-state index is 0.121. The number of non-ortho nitro benzene ring substituents is 1. The molecule has 6 nitrogen and oxygen atoms in total. The Morgan fingerprint density at radius 2 is 2.29 bits per heavy atom. The molecule has 0 radical (unpaired) electrons. The molecule has 0 unspecified atom stereocenters. The summed E-state index contributed by atoms with van der Waals surface area (Å²) in [5, 5.41) is 19.3. The number of nitrogens with zero attached hydrogens (tertiary/aromatic N) is 2. The number of hydrogen-bond acceptors (Lipinski definition) is 5. The van der Waals surface area contributed by atoms with Crippen molar-refractivity contribution in [3.63, 3.8) is 0 Å². The normalized spacial score (nSPS) is 18.0. The number of fused-ring (bicyclic) bond motifs is 1. The summed E-state index contributed by atoms with van der Waals surface area (Å²) in [4.78, 5) is 14.8. The van der Waals surface area contributed by atoms with Gasteiger partial charge in [-0.15, -0.1) is 0 Å². The second kappa shape index (κ2) is 6.05. The van der Waals surface area contributed by atoms with E-state index in [4.69, 9.17) is 0 Å². The summed E-state index contributed by atoms with van der Waals surface area (Å²) < 4.78 is 0. The van der Waals surface area contributed by atoms with E-state index in [9.17, 15) is 10.1 Å². The Morgan fingerprint density at radius 3 is 3.05 bits per heavy atom. The van der Waals surface area contributed by atoms with Crippen LogP contribution < -0.4 is 10.6 Å². The highest BCUT2D eigenvalue weighted by Gasteiger charge is 2.15. The van der Waals surface area contributed by atoms with Crippen LogP contribution in [0.5, 0.6) is 0 Å². The number of nitro groups is 1. The van der Waals surface area contributed by atoms with Crippen molar-refractivity contribution >= 4 is 22.1 Å². The Labute approximate surface area is 122 Å². The maximum atomic E-state index is 11.1. The van der Waals surface area contributed by atoms with Gasteiger partial charge in [-0.1, -0.05) is 0 Å². The molecule has 1 aliphatic rings.